The van der Waals surface area contributed by atoms with Crippen molar-refractivity contribution in [1.29, 1.82) is 5.26 Å². The average Bonchev–Trinajstić information content (AvgIpc) is 3.43. The third-order valence-electron chi connectivity index (χ3n) is 6.25. The number of imide groups is 1. The Balaban J connectivity index is 1.49. The molecule has 10 heteroatoms. The molecule has 2 bridgehead atoms. The predicted octanol–water partition coefficient (Wildman–Crippen LogP) is 1.09. The summed E-state index contributed by atoms with van der Waals surface area (Å²) in [6.45, 7) is 0.294. The molecule has 1 aromatic heterocycles. The fraction of sp³-hybridized carbons (Fsp3) is 0.333. The van der Waals surface area contributed by atoms with E-state index < -0.39 is 30.0 Å². The van der Waals surface area contributed by atoms with Gasteiger partial charge in [-0.2, -0.15) is 5.26 Å². The van der Waals surface area contributed by atoms with Gasteiger partial charge in [-0.25, -0.2) is 9.69 Å². The maximum absolute atomic E-state index is 13.4. The lowest BCUT2D eigenvalue weighted by Gasteiger charge is -2.34. The summed E-state index contributed by atoms with van der Waals surface area (Å²) < 4.78 is 0. The summed E-state index contributed by atoms with van der Waals surface area (Å²) in [5, 5.41) is 18.7. The number of piperazine rings is 1. The van der Waals surface area contributed by atoms with Crippen LogP contribution in [0, 0.1) is 11.3 Å². The first-order valence-electron chi connectivity index (χ1n) is 9.87. The molecule has 1 N–H and O–H groups in total. The van der Waals surface area contributed by atoms with Crippen molar-refractivity contribution < 1.29 is 24.3 Å². The number of aliphatic carboxylic acids is 1. The van der Waals surface area contributed by atoms with Crippen LogP contribution in [-0.4, -0.2) is 68.4 Å². The molecule has 5 rings (SSSR count). The lowest BCUT2D eigenvalue weighted by molar-refractivity contribution is -0.142. The van der Waals surface area contributed by atoms with E-state index in [0.717, 1.165) is 4.90 Å². The fourth-order valence-corrected chi connectivity index (χ4v) is 4.97. The smallest absolute Gasteiger partial charge is 0.332 e. The maximum atomic E-state index is 13.4. The lowest BCUT2D eigenvalue weighted by atomic mass is 10.1. The topological polar surface area (TPSA) is 135 Å². The number of aromatic nitrogens is 1. The molecule has 0 spiro atoms. The van der Waals surface area contributed by atoms with E-state index in [-0.39, 0.29) is 24.8 Å². The van der Waals surface area contributed by atoms with Gasteiger partial charge >= 0.3 is 12.0 Å². The molecule has 3 aliphatic heterocycles. The standard InChI is InChI=1S/C21H17N5O5/c22-9-11-3-4-14(13-2-1-7-23-18(11)13)26-20(30)19-15-8-12(25(19)21(26)31)10-24(15)16(27)5-6-17(28)29/h1-4,7,12,15,19H,5-6,8,10H2,(H,28,29)/t12-,15+,19+/m0/s1. The molecule has 3 atom stereocenters. The van der Waals surface area contributed by atoms with Gasteiger partial charge in [0, 0.05) is 24.5 Å². The van der Waals surface area contributed by atoms with Gasteiger partial charge in [-0.1, -0.05) is 0 Å². The van der Waals surface area contributed by atoms with Gasteiger partial charge in [-0.3, -0.25) is 19.4 Å². The van der Waals surface area contributed by atoms with E-state index in [0.29, 0.717) is 35.1 Å². The van der Waals surface area contributed by atoms with Crippen LogP contribution >= 0.6 is 0 Å². The van der Waals surface area contributed by atoms with Crippen molar-refractivity contribution in [2.75, 3.05) is 11.4 Å². The first-order valence-corrected chi connectivity index (χ1v) is 9.87. The van der Waals surface area contributed by atoms with Crippen molar-refractivity contribution in [2.24, 2.45) is 0 Å². The van der Waals surface area contributed by atoms with Crippen molar-refractivity contribution in [3.63, 3.8) is 0 Å². The van der Waals surface area contributed by atoms with Crippen molar-refractivity contribution in [3.05, 3.63) is 36.0 Å². The minimum atomic E-state index is -1.06. The first-order chi connectivity index (χ1) is 14.9. The van der Waals surface area contributed by atoms with Gasteiger partial charge < -0.3 is 14.9 Å². The van der Waals surface area contributed by atoms with Crippen LogP contribution in [0.1, 0.15) is 24.8 Å². The summed E-state index contributed by atoms with van der Waals surface area (Å²) >= 11 is 0. The Morgan fingerprint density at radius 1 is 1.23 bits per heavy atom. The van der Waals surface area contributed by atoms with Crippen molar-refractivity contribution >= 4 is 40.4 Å². The van der Waals surface area contributed by atoms with Crippen LogP contribution in [0.3, 0.4) is 0 Å². The molecule has 0 radical (unpaired) electrons. The van der Waals surface area contributed by atoms with Crippen molar-refractivity contribution in [3.8, 4) is 6.07 Å². The number of carbonyl (C=O) groups excluding carboxylic acids is 3. The van der Waals surface area contributed by atoms with Gasteiger partial charge in [0.15, 0.2) is 0 Å². The average molecular weight is 419 g/mol. The number of anilines is 1. The molecule has 4 amide bonds. The van der Waals surface area contributed by atoms with Crippen molar-refractivity contribution in [1.82, 2.24) is 14.8 Å². The van der Waals surface area contributed by atoms with E-state index in [4.69, 9.17) is 5.11 Å². The number of nitrogens with zero attached hydrogens (tertiary/aromatic N) is 5. The second-order valence-corrected chi connectivity index (χ2v) is 7.85. The molecule has 0 unspecified atom stereocenters. The predicted molar refractivity (Wildman–Crippen MR) is 106 cm³/mol. The van der Waals surface area contributed by atoms with E-state index in [9.17, 15) is 24.4 Å². The summed E-state index contributed by atoms with van der Waals surface area (Å²) in [5.74, 6) is -1.80. The lowest BCUT2D eigenvalue weighted by Crippen LogP contribution is -2.54. The third kappa shape index (κ3) is 2.66. The summed E-state index contributed by atoms with van der Waals surface area (Å²) in [5.41, 5.74) is 1.10. The van der Waals surface area contributed by atoms with Crippen LogP contribution in [0.2, 0.25) is 0 Å². The molecular formula is C21H17N5O5. The van der Waals surface area contributed by atoms with Crippen LogP contribution in [0.15, 0.2) is 30.5 Å². The number of carboxylic acids is 1. The zero-order valence-corrected chi connectivity index (χ0v) is 16.3. The summed E-state index contributed by atoms with van der Waals surface area (Å²) in [7, 11) is 0. The number of hydrogen-bond acceptors (Lipinski definition) is 6. The molecule has 156 valence electrons. The molecule has 0 aliphatic carbocycles. The monoisotopic (exact) mass is 419 g/mol. The van der Waals surface area contributed by atoms with E-state index in [1.54, 1.807) is 29.3 Å². The minimum Gasteiger partial charge on any atom is -0.481 e. The normalized spacial score (nSPS) is 24.1. The number of amides is 4. The van der Waals surface area contributed by atoms with Crippen LogP contribution in [0.5, 0.6) is 0 Å². The molecule has 31 heavy (non-hydrogen) atoms. The second kappa shape index (κ2) is 6.77. The SMILES string of the molecule is N#Cc1ccc(N2C(=O)[C@H]3[C@H]4C[C@@H](CN4C(=O)CCC(=O)O)N3C2=O)c2cccnc12. The van der Waals surface area contributed by atoms with Crippen LogP contribution < -0.4 is 4.90 Å². The Morgan fingerprint density at radius 2 is 2.03 bits per heavy atom. The van der Waals surface area contributed by atoms with E-state index in [2.05, 4.69) is 11.1 Å². The number of likely N-dealkylation sites (tertiary alicyclic amines) is 1. The highest BCUT2D eigenvalue weighted by atomic mass is 16.4. The largest absolute Gasteiger partial charge is 0.481 e. The number of carboxylic acid groups (broad SMARTS) is 1. The first kappa shape index (κ1) is 19.0. The molecule has 0 saturated carbocycles. The van der Waals surface area contributed by atoms with E-state index >= 15 is 0 Å². The Morgan fingerprint density at radius 3 is 2.77 bits per heavy atom. The zero-order valence-electron chi connectivity index (χ0n) is 16.3. The molecule has 3 saturated heterocycles. The summed E-state index contributed by atoms with van der Waals surface area (Å²) in [6.07, 6.45) is 1.64. The Labute approximate surface area is 176 Å². The number of rotatable bonds is 4. The number of benzene rings is 1. The van der Waals surface area contributed by atoms with E-state index in [1.165, 1.54) is 11.0 Å². The highest BCUT2D eigenvalue weighted by molar-refractivity contribution is 6.25. The highest BCUT2D eigenvalue weighted by Gasteiger charge is 2.62. The third-order valence-corrected chi connectivity index (χ3v) is 6.25. The molecule has 4 heterocycles. The van der Waals surface area contributed by atoms with Crippen LogP contribution in [0.25, 0.3) is 10.9 Å². The Bertz CT molecular complexity index is 1200. The summed E-state index contributed by atoms with van der Waals surface area (Å²) in [4.78, 5) is 58.3. The number of carbonyl (C=O) groups is 4. The number of hydrogen-bond donors (Lipinski definition) is 1. The molecule has 1 aromatic carbocycles. The Kier molecular flexibility index (Phi) is 4.15. The van der Waals surface area contributed by atoms with Gasteiger partial charge in [0.2, 0.25) is 5.91 Å². The number of urea groups is 1. The fourth-order valence-electron chi connectivity index (χ4n) is 4.97. The quantitative estimate of drug-likeness (QED) is 0.733. The molecule has 3 aliphatic rings. The van der Waals surface area contributed by atoms with Gasteiger partial charge in [-0.15, -0.1) is 0 Å². The Hall–Kier alpha value is -4.00. The molecule has 10 nitrogen and oxygen atoms in total. The minimum absolute atomic E-state index is 0.136. The van der Waals surface area contributed by atoms with Gasteiger partial charge in [-0.05, 0) is 30.7 Å². The van der Waals surface area contributed by atoms with Crippen LogP contribution in [-0.2, 0) is 14.4 Å². The maximum Gasteiger partial charge on any atom is 0.332 e. The zero-order chi connectivity index (χ0) is 21.9. The second-order valence-electron chi connectivity index (χ2n) is 7.85. The van der Waals surface area contributed by atoms with Crippen LogP contribution in [0.4, 0.5) is 10.5 Å². The number of nitriles is 1. The van der Waals surface area contributed by atoms with Gasteiger partial charge in [0.05, 0.1) is 35.3 Å². The highest BCUT2D eigenvalue weighted by Crippen LogP contribution is 2.43. The van der Waals surface area contributed by atoms with Gasteiger partial charge in [0.1, 0.15) is 12.1 Å². The molecular weight excluding hydrogens is 402 g/mol. The summed E-state index contributed by atoms with van der Waals surface area (Å²) in [6, 6.07) is 6.56. The molecule has 2 aromatic rings. The van der Waals surface area contributed by atoms with E-state index in [1.807, 2.05) is 0 Å². The van der Waals surface area contributed by atoms with Crippen molar-refractivity contribution in [2.45, 2.75) is 37.4 Å². The molecule has 3 fully saturated rings. The number of pyridine rings is 1. The van der Waals surface area contributed by atoms with Gasteiger partial charge in [0.25, 0.3) is 5.91 Å². The number of fused-ring (bicyclic) bond motifs is 6.